The van der Waals surface area contributed by atoms with Gasteiger partial charge in [-0.05, 0) is 20.8 Å². The first-order valence-electron chi connectivity index (χ1n) is 45.7. The van der Waals surface area contributed by atoms with Crippen LogP contribution in [0.4, 0.5) is 0 Å². The van der Waals surface area contributed by atoms with Gasteiger partial charge < -0.3 is 289 Å². The van der Waals surface area contributed by atoms with Crippen molar-refractivity contribution in [2.45, 2.75) is 417 Å². The topological polar surface area (TPSA) is 956 Å². The van der Waals surface area contributed by atoms with E-state index in [-0.39, 0.29) is 0 Å². The summed E-state index contributed by atoms with van der Waals surface area (Å²) in [5.41, 5.74) is 0. The van der Waals surface area contributed by atoms with Crippen LogP contribution in [0.25, 0.3) is 0 Å². The Kier molecular flexibility index (Phi) is 41.2. The zero-order valence-corrected chi connectivity index (χ0v) is 76.9. The molecule has 12 heterocycles. The van der Waals surface area contributed by atoms with E-state index in [9.17, 15) is 177 Å². The van der Waals surface area contributed by atoms with E-state index in [1.54, 1.807) is 0 Å². The summed E-state index contributed by atoms with van der Waals surface area (Å²) in [5, 5.41) is 360. The number of nitrogens with one attached hydrogen (secondary N) is 4. The van der Waals surface area contributed by atoms with Crippen molar-refractivity contribution >= 4 is 23.6 Å². The van der Waals surface area contributed by atoms with E-state index in [4.69, 9.17) is 109 Å². The Morgan fingerprint density at radius 3 is 0.859 bits per heavy atom. The highest BCUT2D eigenvalue weighted by Gasteiger charge is 2.64. The molecule has 0 spiro atoms. The van der Waals surface area contributed by atoms with Crippen molar-refractivity contribution in [1.82, 2.24) is 21.3 Å². The number of carbonyl (C=O) groups excluding carboxylic acids is 4. The van der Waals surface area contributed by atoms with E-state index in [0.717, 1.165) is 27.7 Å². The van der Waals surface area contributed by atoms with Crippen molar-refractivity contribution in [3.8, 4) is 0 Å². The summed E-state index contributed by atoms with van der Waals surface area (Å²) in [6, 6.07) is -8.10. The molecule has 4 amide bonds. The number of hydrogen-bond donors (Lipinski definition) is 35. The van der Waals surface area contributed by atoms with Gasteiger partial charge in [-0.1, -0.05) is 0 Å². The third-order valence-corrected chi connectivity index (χ3v) is 26.6. The minimum Gasteiger partial charge on any atom is -0.394 e. The van der Waals surface area contributed by atoms with Crippen LogP contribution in [-0.4, -0.2) is 610 Å². The molecule has 822 valence electrons. The highest BCUT2D eigenvalue weighted by atomic mass is 16.8. The van der Waals surface area contributed by atoms with Crippen LogP contribution in [-0.2, 0) is 128 Å². The molecule has 0 saturated carbocycles. The molecule has 0 bridgehead atoms. The molecule has 12 saturated heterocycles. The lowest BCUT2D eigenvalue weighted by Gasteiger charge is -2.52. The van der Waals surface area contributed by atoms with Crippen LogP contribution < -0.4 is 21.3 Å². The SMILES string of the molecule is CC(=O)N[C@@H]1[C@H](O[C@@H]2[C@@H](O[C@@H]3[C@H](O)[C@H](O[C@H]4[C@H](O)[C@@H](NC(C)=O)[C@H](O[C@H]5[C@H](O)[C@@H](NC(C)=O)[C@H](O)O[C@@H]5CO[C@@H]5O[C@@H](C)[C@@H](O)[C@@H](O)[C@@H]5O)O[C@@H]4CO)O[C@H](CO[C@H]4O[C@H](CO)[C@@H](O)[C@H](O)[C@@H]4O[C@@H]4O[C@H](CO)[C@@H](O[C@@H]5O[C@H](CO)[C@H](O)[C@H](O)[C@H]5O)[C@H](O[C@@H]5O[C@@H](C)[C@@H](O)[C@@H](O)[C@@H]5O)[C@H]4NC(C)=O)[C@H]3O)O[C@H](CO)[C@@H](O)[C@@H]2O)O[C@H](CO)[C@@H](O[C@@H]2O[C@H](CO)[C@H](O)[C@H](O)[C@H]2O)[C@@H]1O[C@@H]1O[C@@H](C)[C@@H](O)[C@@H](O)[C@@H]1O. The van der Waals surface area contributed by atoms with Gasteiger partial charge in [0.1, 0.15) is 274 Å². The molecule has 0 aliphatic carbocycles. The zero-order chi connectivity index (χ0) is 104. The lowest BCUT2D eigenvalue weighted by Crippen LogP contribution is -2.71. The summed E-state index contributed by atoms with van der Waals surface area (Å²) in [5.74, 6) is -4.02. The first kappa shape index (κ1) is 116. The fraction of sp³-hybridized carbons (Fsp3) is 0.950. The van der Waals surface area contributed by atoms with Gasteiger partial charge >= 0.3 is 0 Å². The van der Waals surface area contributed by atoms with Gasteiger partial charge in [0, 0.05) is 27.7 Å². The van der Waals surface area contributed by atoms with E-state index < -0.39 is 451 Å². The Morgan fingerprint density at radius 2 is 0.451 bits per heavy atom. The largest absolute Gasteiger partial charge is 0.394 e. The Hall–Kier alpha value is -4.28. The minimum atomic E-state index is -2.74. The molecule has 62 heteroatoms. The molecule has 12 fully saturated rings. The van der Waals surface area contributed by atoms with E-state index >= 15 is 0 Å². The summed E-state index contributed by atoms with van der Waals surface area (Å²) >= 11 is 0. The van der Waals surface area contributed by atoms with Crippen LogP contribution in [0.3, 0.4) is 0 Å². The maximum absolute atomic E-state index is 13.7. The highest BCUT2D eigenvalue weighted by molar-refractivity contribution is 5.74. The summed E-state index contributed by atoms with van der Waals surface area (Å²) in [7, 11) is 0. The predicted octanol–water partition coefficient (Wildman–Crippen LogP) is -23.5. The van der Waals surface area contributed by atoms with E-state index in [2.05, 4.69) is 21.3 Å². The van der Waals surface area contributed by atoms with Crippen molar-refractivity contribution < 1.29 is 286 Å². The number of rotatable bonds is 35. The zero-order valence-electron chi connectivity index (χ0n) is 76.9. The third-order valence-electron chi connectivity index (χ3n) is 26.6. The second-order valence-electron chi connectivity index (χ2n) is 36.6. The molecule has 0 unspecified atom stereocenters. The molecule has 0 aromatic heterocycles. The molecule has 12 aliphatic rings. The number of aliphatic hydroxyl groups excluding tert-OH is 31. The maximum Gasteiger partial charge on any atom is 0.217 e. The minimum absolute atomic E-state index is 0.875. The summed E-state index contributed by atoms with van der Waals surface area (Å²) < 4.78 is 140. The number of amides is 4. The number of carbonyl (C=O) groups is 4. The van der Waals surface area contributed by atoms with Gasteiger partial charge in [-0.3, -0.25) is 19.2 Å². The highest BCUT2D eigenvalue weighted by Crippen LogP contribution is 2.43. The third kappa shape index (κ3) is 25.4. The van der Waals surface area contributed by atoms with Gasteiger partial charge in [0.05, 0.1) is 77.8 Å². The lowest BCUT2D eigenvalue weighted by molar-refractivity contribution is -0.404. The lowest BCUT2D eigenvalue weighted by atomic mass is 9.93. The van der Waals surface area contributed by atoms with Crippen LogP contribution in [0.5, 0.6) is 0 Å². The van der Waals surface area contributed by atoms with Crippen molar-refractivity contribution in [2.75, 3.05) is 59.5 Å². The second kappa shape index (κ2) is 50.3. The van der Waals surface area contributed by atoms with Gasteiger partial charge in [0.15, 0.2) is 75.5 Å². The Bertz CT molecular complexity index is 3940. The van der Waals surface area contributed by atoms with Crippen LogP contribution in [0.2, 0.25) is 0 Å². The van der Waals surface area contributed by atoms with Gasteiger partial charge in [-0.2, -0.15) is 0 Å². The van der Waals surface area contributed by atoms with Crippen molar-refractivity contribution in [3.05, 3.63) is 0 Å². The first-order chi connectivity index (χ1) is 67.1. The van der Waals surface area contributed by atoms with E-state index in [0.29, 0.717) is 0 Å². The van der Waals surface area contributed by atoms with Crippen LogP contribution in [0.1, 0.15) is 48.5 Å². The van der Waals surface area contributed by atoms with Crippen LogP contribution in [0.15, 0.2) is 0 Å². The molecular weight excluding hydrogens is 1940 g/mol. The predicted molar refractivity (Wildman–Crippen MR) is 437 cm³/mol. The molecule has 12 rings (SSSR count). The standard InChI is InChI=1S/C80H134N4O58/c1-17-37(96)47(106)54(113)73(122-17)120-16-32-61(45(104)33(69(119)125-32)81-20(4)92)134-70-34(82-21(5)93)46(105)60(28(12-89)130-70)135-78-59(118)66(140-80-68(53(112)43(102)27(11-88)129-80)142-72-36(84-23(7)95)65(139-75-56(115)49(108)39(98)19(3)124-75)63(30(14-91)132-72)137-77-58(117)51(110)41(100)25(9-86)127-77)44(103)31(133-78)15-121-79-67(52(111)42(101)26(10-87)128-79)141-71-35(83-22(6)94)64(138-74-55(114)48(107)38(97)18(2)123-74)62(29(13-90)131-71)136-76-57(116)50(109)40(99)24(8-85)126-76/h17-19,24-80,85-91,96-119H,8-16H2,1-7H3,(H,81,92)(H,82,93)(H,83,94)(H,84,95)/t17-,18-,19-,24+,25+,26+,27+,28+,29+,30+,31+,32+,33+,34+,35+,36-,37+,38+,39+,40-,41-,42+,43+,44+,45+,46+,47+,48+,49+,50-,51-,52-,53-,54-,55-,56-,57+,58+,59-,60+,61+,62+,63+,64+,65+,66-,67-,68-,69+,70-,71-,72-,73+,74-,75-,76-,77-,78-,79-,80+/m0/s1. The fourth-order valence-corrected chi connectivity index (χ4v) is 18.6. The normalized spacial score (nSPS) is 50.9. The number of aliphatic hydroxyl groups is 31. The van der Waals surface area contributed by atoms with Crippen LogP contribution >= 0.6 is 0 Å². The van der Waals surface area contributed by atoms with Crippen molar-refractivity contribution in [2.24, 2.45) is 0 Å². The summed E-state index contributed by atoms with van der Waals surface area (Å²) in [6.07, 6.45) is -119. The molecule has 0 aromatic carbocycles. The molecule has 62 nitrogen and oxygen atoms in total. The van der Waals surface area contributed by atoms with E-state index in [1.807, 2.05) is 0 Å². The average molecular weight is 2080 g/mol. The average Bonchev–Trinajstić information content (AvgIpc) is 0.753. The number of hydrogen-bond acceptors (Lipinski definition) is 58. The van der Waals surface area contributed by atoms with Gasteiger partial charge in [0.25, 0.3) is 0 Å². The summed E-state index contributed by atoms with van der Waals surface area (Å²) in [4.78, 5) is 53.3. The molecule has 0 radical (unpaired) electrons. The van der Waals surface area contributed by atoms with Crippen molar-refractivity contribution in [3.63, 3.8) is 0 Å². The monoisotopic (exact) mass is 2080 g/mol. The fourth-order valence-electron chi connectivity index (χ4n) is 18.6. The van der Waals surface area contributed by atoms with Crippen LogP contribution in [0, 0.1) is 0 Å². The molecule has 12 aliphatic heterocycles. The molecule has 0 aromatic rings. The van der Waals surface area contributed by atoms with Gasteiger partial charge in [-0.15, -0.1) is 0 Å². The molecule has 60 atom stereocenters. The quantitative estimate of drug-likeness (QED) is 0.0280. The Morgan fingerprint density at radius 1 is 0.197 bits per heavy atom. The maximum atomic E-state index is 13.7. The Labute approximate surface area is 805 Å². The molecule has 35 N–H and O–H groups in total. The molecular formula is C80H134N4O58. The summed E-state index contributed by atoms with van der Waals surface area (Å²) in [6.45, 7) is -3.33. The first-order valence-corrected chi connectivity index (χ1v) is 45.7. The van der Waals surface area contributed by atoms with E-state index in [1.165, 1.54) is 20.8 Å². The second-order valence-corrected chi connectivity index (χ2v) is 36.6. The van der Waals surface area contributed by atoms with Gasteiger partial charge in [0.2, 0.25) is 23.6 Å². The van der Waals surface area contributed by atoms with Crippen molar-refractivity contribution in [1.29, 1.82) is 0 Å². The molecule has 142 heavy (non-hydrogen) atoms. The smallest absolute Gasteiger partial charge is 0.217 e. The van der Waals surface area contributed by atoms with Gasteiger partial charge in [-0.25, -0.2) is 0 Å². The number of ether oxygens (including phenoxy) is 23. The Balaban J connectivity index is 0.917.